The van der Waals surface area contributed by atoms with Crippen LogP contribution in [0.3, 0.4) is 0 Å². The Bertz CT molecular complexity index is 929. The number of piperidine rings is 1. The van der Waals surface area contributed by atoms with E-state index in [0.29, 0.717) is 26.3 Å². The summed E-state index contributed by atoms with van der Waals surface area (Å²) in [4.78, 5) is 3.60. The van der Waals surface area contributed by atoms with Gasteiger partial charge in [-0.2, -0.15) is 0 Å². The summed E-state index contributed by atoms with van der Waals surface area (Å²) >= 11 is 1.83. The molecule has 7 nitrogen and oxygen atoms in total. The van der Waals surface area contributed by atoms with Crippen LogP contribution in [0.1, 0.15) is 29.9 Å². The van der Waals surface area contributed by atoms with Crippen molar-refractivity contribution in [1.29, 1.82) is 0 Å². The maximum atomic E-state index is 10.9. The summed E-state index contributed by atoms with van der Waals surface area (Å²) in [6, 6.07) is 14.9. The van der Waals surface area contributed by atoms with Crippen LogP contribution in [0, 0.1) is 0 Å². The average Bonchev–Trinajstić information content (AvgIpc) is 2.91. The number of aliphatic hydroxyl groups excluding tert-OH is 1. The summed E-state index contributed by atoms with van der Waals surface area (Å²) < 4.78 is 22.7. The Balaban J connectivity index is 1.39. The third-order valence-electron chi connectivity index (χ3n) is 6.76. The van der Waals surface area contributed by atoms with E-state index >= 15 is 0 Å². The standard InChI is InChI=1S/C28H40N2O5S/c1-32-13-3-11-30-12-15-34-26-10-5-21(17-24(26)30)20-35-27-19-29-18-25(31)28(27)22-6-8-23(9-7-22)36-16-4-14-33-2/h5-10,17,25,27-29,31H,3-4,11-16,18-20H2,1-2H3/t25-,27+,28+/m1/s1. The molecule has 0 bridgehead atoms. The molecule has 2 N–H and O–H groups in total. The number of ether oxygens (including phenoxy) is 4. The molecule has 2 aliphatic rings. The first-order valence-electron chi connectivity index (χ1n) is 12.9. The third-order valence-corrected chi connectivity index (χ3v) is 7.86. The molecule has 3 atom stereocenters. The van der Waals surface area contributed by atoms with Crippen LogP contribution in [0.4, 0.5) is 5.69 Å². The number of β-amino-alcohol motifs (C(OH)–C–C–N with tert-alkyl or cyclic N) is 1. The zero-order chi connectivity index (χ0) is 25.2. The lowest BCUT2D eigenvalue weighted by molar-refractivity contribution is -0.0328. The summed E-state index contributed by atoms with van der Waals surface area (Å²) in [7, 11) is 3.48. The Kier molecular flexibility index (Phi) is 10.8. The second-order valence-electron chi connectivity index (χ2n) is 9.35. The molecule has 2 aromatic carbocycles. The number of methoxy groups -OCH3 is 2. The first-order chi connectivity index (χ1) is 17.7. The van der Waals surface area contributed by atoms with Gasteiger partial charge in [0, 0.05) is 63.6 Å². The molecule has 0 saturated carbocycles. The van der Waals surface area contributed by atoms with Gasteiger partial charge in [-0.1, -0.05) is 18.2 Å². The van der Waals surface area contributed by atoms with Gasteiger partial charge in [-0.05, 0) is 48.2 Å². The van der Waals surface area contributed by atoms with Crippen molar-refractivity contribution in [1.82, 2.24) is 5.32 Å². The molecule has 0 unspecified atom stereocenters. The lowest BCUT2D eigenvalue weighted by Crippen LogP contribution is -2.49. The lowest BCUT2D eigenvalue weighted by Gasteiger charge is -2.36. The number of rotatable bonds is 13. The summed E-state index contributed by atoms with van der Waals surface area (Å²) in [5.41, 5.74) is 3.35. The molecular weight excluding hydrogens is 476 g/mol. The Labute approximate surface area is 219 Å². The molecule has 0 aliphatic carbocycles. The molecule has 1 fully saturated rings. The second-order valence-corrected chi connectivity index (χ2v) is 10.5. The van der Waals surface area contributed by atoms with E-state index in [-0.39, 0.29) is 12.0 Å². The summed E-state index contributed by atoms with van der Waals surface area (Å²) in [5.74, 6) is 1.89. The predicted molar refractivity (Wildman–Crippen MR) is 144 cm³/mol. The Morgan fingerprint density at radius 3 is 2.67 bits per heavy atom. The van der Waals surface area contributed by atoms with Crippen LogP contribution in [0.25, 0.3) is 0 Å². The smallest absolute Gasteiger partial charge is 0.142 e. The maximum Gasteiger partial charge on any atom is 0.142 e. The van der Waals surface area contributed by atoms with Crippen LogP contribution >= 0.6 is 11.8 Å². The van der Waals surface area contributed by atoms with E-state index in [4.69, 9.17) is 18.9 Å². The zero-order valence-corrected chi connectivity index (χ0v) is 22.3. The molecule has 0 radical (unpaired) electrons. The molecule has 1 saturated heterocycles. The van der Waals surface area contributed by atoms with Crippen molar-refractivity contribution < 1.29 is 24.1 Å². The largest absolute Gasteiger partial charge is 0.490 e. The third kappa shape index (κ3) is 7.37. The monoisotopic (exact) mass is 516 g/mol. The van der Waals surface area contributed by atoms with Crippen molar-refractivity contribution in [3.63, 3.8) is 0 Å². The van der Waals surface area contributed by atoms with Gasteiger partial charge >= 0.3 is 0 Å². The van der Waals surface area contributed by atoms with Crippen molar-refractivity contribution in [2.24, 2.45) is 0 Å². The Morgan fingerprint density at radius 1 is 1.06 bits per heavy atom. The minimum Gasteiger partial charge on any atom is -0.490 e. The highest BCUT2D eigenvalue weighted by Crippen LogP contribution is 2.34. The minimum absolute atomic E-state index is 0.0645. The van der Waals surface area contributed by atoms with E-state index in [2.05, 4.69) is 46.6 Å². The fourth-order valence-electron chi connectivity index (χ4n) is 4.90. The van der Waals surface area contributed by atoms with E-state index < -0.39 is 6.10 Å². The number of hydrogen-bond donors (Lipinski definition) is 2. The van der Waals surface area contributed by atoms with Gasteiger partial charge in [-0.25, -0.2) is 0 Å². The number of aliphatic hydroxyl groups is 1. The summed E-state index contributed by atoms with van der Waals surface area (Å²) in [6.07, 6.45) is 1.41. The van der Waals surface area contributed by atoms with Crippen molar-refractivity contribution >= 4 is 17.4 Å². The van der Waals surface area contributed by atoms with Crippen LogP contribution in [-0.4, -0.2) is 83.3 Å². The first kappa shape index (κ1) is 27.2. The minimum atomic E-state index is -0.489. The SMILES string of the molecule is COCCCSc1ccc([C@H]2[C@H](O)CNC[C@@H]2OCc2ccc3c(c2)N(CCCOC)CCO3)cc1. The predicted octanol–water partition coefficient (Wildman–Crippen LogP) is 3.68. The molecule has 36 heavy (non-hydrogen) atoms. The first-order valence-corrected chi connectivity index (χ1v) is 13.9. The van der Waals surface area contributed by atoms with Crippen LogP contribution < -0.4 is 15.0 Å². The van der Waals surface area contributed by atoms with Crippen LogP contribution in [0.15, 0.2) is 47.4 Å². The Hall–Kier alpha value is -1.81. The van der Waals surface area contributed by atoms with Gasteiger partial charge in [0.25, 0.3) is 0 Å². The van der Waals surface area contributed by atoms with E-state index in [1.165, 1.54) is 4.90 Å². The van der Waals surface area contributed by atoms with E-state index in [1.54, 1.807) is 14.2 Å². The van der Waals surface area contributed by atoms with Gasteiger partial charge in [0.05, 0.1) is 31.0 Å². The molecule has 0 spiro atoms. The summed E-state index contributed by atoms with van der Waals surface area (Å²) in [6.45, 7) is 5.83. The molecule has 8 heteroatoms. The fraction of sp³-hybridized carbons (Fsp3) is 0.571. The normalized spacial score (nSPS) is 21.8. The molecule has 2 heterocycles. The number of nitrogens with zero attached hydrogens (tertiary/aromatic N) is 1. The quantitative estimate of drug-likeness (QED) is 0.309. The molecule has 0 aromatic heterocycles. The lowest BCUT2D eigenvalue weighted by atomic mass is 9.85. The van der Waals surface area contributed by atoms with E-state index in [0.717, 1.165) is 67.5 Å². The van der Waals surface area contributed by atoms with Gasteiger partial charge in [-0.15, -0.1) is 11.8 Å². The van der Waals surface area contributed by atoms with Crippen LogP contribution in [0.2, 0.25) is 0 Å². The van der Waals surface area contributed by atoms with Crippen molar-refractivity contribution in [3.8, 4) is 5.75 Å². The second kappa shape index (κ2) is 14.2. The number of anilines is 1. The van der Waals surface area contributed by atoms with Crippen molar-refractivity contribution in [2.75, 3.05) is 70.9 Å². The van der Waals surface area contributed by atoms with E-state index in [9.17, 15) is 5.11 Å². The maximum absolute atomic E-state index is 10.9. The van der Waals surface area contributed by atoms with Gasteiger partial charge in [0.2, 0.25) is 0 Å². The fourth-order valence-corrected chi connectivity index (χ4v) is 5.72. The van der Waals surface area contributed by atoms with Gasteiger partial charge < -0.3 is 34.3 Å². The highest BCUT2D eigenvalue weighted by Gasteiger charge is 2.34. The van der Waals surface area contributed by atoms with Crippen molar-refractivity contribution in [3.05, 3.63) is 53.6 Å². The van der Waals surface area contributed by atoms with Crippen molar-refractivity contribution in [2.45, 2.75) is 42.5 Å². The molecular formula is C28H40N2O5S. The summed E-state index contributed by atoms with van der Waals surface area (Å²) in [5, 5.41) is 14.2. The number of thioether (sulfide) groups is 1. The molecule has 4 rings (SSSR count). The molecule has 198 valence electrons. The number of hydrogen-bond acceptors (Lipinski definition) is 8. The number of benzene rings is 2. The zero-order valence-electron chi connectivity index (χ0n) is 21.5. The average molecular weight is 517 g/mol. The number of nitrogens with one attached hydrogen (secondary N) is 1. The Morgan fingerprint density at radius 2 is 1.86 bits per heavy atom. The highest BCUT2D eigenvalue weighted by atomic mass is 32.2. The van der Waals surface area contributed by atoms with Crippen LogP contribution in [0.5, 0.6) is 5.75 Å². The molecule has 0 amide bonds. The topological polar surface area (TPSA) is 72.4 Å². The van der Waals surface area contributed by atoms with Gasteiger partial charge in [-0.3, -0.25) is 0 Å². The molecule has 2 aromatic rings. The van der Waals surface area contributed by atoms with E-state index in [1.807, 2.05) is 17.8 Å². The highest BCUT2D eigenvalue weighted by molar-refractivity contribution is 7.99. The van der Waals surface area contributed by atoms with Gasteiger partial charge in [0.1, 0.15) is 12.4 Å². The van der Waals surface area contributed by atoms with Crippen LogP contribution in [-0.2, 0) is 20.8 Å². The number of fused-ring (bicyclic) bond motifs is 1. The molecule has 2 aliphatic heterocycles. The van der Waals surface area contributed by atoms with Gasteiger partial charge in [0.15, 0.2) is 0 Å².